The van der Waals surface area contributed by atoms with Crippen molar-refractivity contribution in [1.82, 2.24) is 0 Å². The van der Waals surface area contributed by atoms with Crippen molar-refractivity contribution in [1.29, 1.82) is 0 Å². The zero-order chi connectivity index (χ0) is 15.2. The van der Waals surface area contributed by atoms with E-state index in [-0.39, 0.29) is 12.4 Å². The molecule has 0 unspecified atom stereocenters. The van der Waals surface area contributed by atoms with Crippen molar-refractivity contribution < 1.29 is 18.7 Å². The van der Waals surface area contributed by atoms with Crippen LogP contribution in [-0.2, 0) is 4.74 Å². The van der Waals surface area contributed by atoms with Crippen LogP contribution in [0.2, 0.25) is 0 Å². The van der Waals surface area contributed by atoms with Gasteiger partial charge in [0.1, 0.15) is 5.82 Å². The molecule has 0 radical (unpaired) electrons. The van der Waals surface area contributed by atoms with Crippen LogP contribution in [0.15, 0.2) is 48.5 Å². The molecule has 0 fully saturated rings. The number of hydrogen-bond donors (Lipinski definition) is 1. The van der Waals surface area contributed by atoms with Gasteiger partial charge in [0.05, 0.1) is 5.56 Å². The van der Waals surface area contributed by atoms with Gasteiger partial charge in [-0.05, 0) is 36.4 Å². The number of nitrogens with one attached hydrogen (secondary N) is 1. The molecule has 2 aromatic carbocycles. The number of rotatable bonds is 5. The number of anilines is 1. The lowest BCUT2D eigenvalue weighted by Gasteiger charge is -2.08. The Balaban J connectivity index is 2.01. The van der Waals surface area contributed by atoms with Gasteiger partial charge in [-0.15, -0.1) is 0 Å². The number of hydrogen-bond acceptors (Lipinski definition) is 4. The van der Waals surface area contributed by atoms with Gasteiger partial charge in [0.15, 0.2) is 12.4 Å². The number of para-hydroxylation sites is 1. The zero-order valence-corrected chi connectivity index (χ0v) is 11.4. The van der Waals surface area contributed by atoms with Gasteiger partial charge in [-0.1, -0.05) is 12.1 Å². The summed E-state index contributed by atoms with van der Waals surface area (Å²) in [4.78, 5) is 23.8. The quantitative estimate of drug-likeness (QED) is 0.678. The van der Waals surface area contributed by atoms with Crippen LogP contribution >= 0.6 is 0 Å². The van der Waals surface area contributed by atoms with E-state index in [2.05, 4.69) is 5.32 Å². The van der Waals surface area contributed by atoms with Crippen molar-refractivity contribution in [2.75, 3.05) is 19.0 Å². The first-order valence-corrected chi connectivity index (χ1v) is 6.34. The van der Waals surface area contributed by atoms with Crippen LogP contribution in [-0.4, -0.2) is 25.4 Å². The number of carbonyl (C=O) groups excluding carboxylic acids is 2. The highest BCUT2D eigenvalue weighted by Gasteiger charge is 2.14. The van der Waals surface area contributed by atoms with Crippen molar-refractivity contribution in [3.63, 3.8) is 0 Å². The van der Waals surface area contributed by atoms with E-state index in [1.54, 1.807) is 31.3 Å². The minimum atomic E-state index is -0.588. The number of carbonyl (C=O) groups is 2. The lowest BCUT2D eigenvalue weighted by Crippen LogP contribution is -2.15. The summed E-state index contributed by atoms with van der Waals surface area (Å²) in [6.45, 7) is -0.386. The number of ether oxygens (including phenoxy) is 1. The van der Waals surface area contributed by atoms with Crippen LogP contribution in [0.25, 0.3) is 0 Å². The number of ketones is 1. The second-order valence-corrected chi connectivity index (χ2v) is 4.30. The molecule has 1 N–H and O–H groups in total. The molecule has 0 atom stereocenters. The Morgan fingerprint density at radius 3 is 2.43 bits per heavy atom. The first-order valence-electron chi connectivity index (χ1n) is 6.34. The van der Waals surface area contributed by atoms with Crippen LogP contribution in [0.1, 0.15) is 20.7 Å². The maximum atomic E-state index is 12.8. The predicted octanol–water partition coefficient (Wildman–Crippen LogP) is 2.91. The summed E-state index contributed by atoms with van der Waals surface area (Å²) in [6, 6.07) is 11.9. The second-order valence-electron chi connectivity index (χ2n) is 4.30. The molecule has 0 aliphatic heterocycles. The number of benzene rings is 2. The van der Waals surface area contributed by atoms with Gasteiger partial charge in [-0.25, -0.2) is 9.18 Å². The molecule has 0 amide bonds. The van der Waals surface area contributed by atoms with Crippen molar-refractivity contribution in [3.05, 3.63) is 65.5 Å². The summed E-state index contributed by atoms with van der Waals surface area (Å²) in [7, 11) is 1.69. The van der Waals surface area contributed by atoms with E-state index in [1.807, 2.05) is 0 Å². The van der Waals surface area contributed by atoms with Gasteiger partial charge in [0, 0.05) is 18.3 Å². The van der Waals surface area contributed by atoms with Gasteiger partial charge in [-0.3, -0.25) is 4.79 Å². The van der Waals surface area contributed by atoms with E-state index < -0.39 is 11.8 Å². The lowest BCUT2D eigenvalue weighted by atomic mass is 10.1. The van der Waals surface area contributed by atoms with Gasteiger partial charge in [0.2, 0.25) is 0 Å². The third kappa shape index (κ3) is 3.66. The SMILES string of the molecule is CNc1ccccc1C(=O)OCC(=O)c1ccc(F)cc1. The van der Waals surface area contributed by atoms with Gasteiger partial charge < -0.3 is 10.1 Å². The van der Waals surface area contributed by atoms with Crippen LogP contribution < -0.4 is 5.32 Å². The Morgan fingerprint density at radius 2 is 1.76 bits per heavy atom. The van der Waals surface area contributed by atoms with E-state index in [0.717, 1.165) is 0 Å². The molecular weight excluding hydrogens is 273 g/mol. The average Bonchev–Trinajstić information content (AvgIpc) is 2.52. The Bertz CT molecular complexity index is 653. The van der Waals surface area contributed by atoms with Gasteiger partial charge in [-0.2, -0.15) is 0 Å². The molecule has 0 aromatic heterocycles. The van der Waals surface area contributed by atoms with Crippen LogP contribution in [0.5, 0.6) is 0 Å². The van der Waals surface area contributed by atoms with E-state index in [0.29, 0.717) is 16.8 Å². The highest BCUT2D eigenvalue weighted by Crippen LogP contribution is 2.15. The highest BCUT2D eigenvalue weighted by molar-refractivity contribution is 6.00. The smallest absolute Gasteiger partial charge is 0.340 e. The van der Waals surface area contributed by atoms with Gasteiger partial charge >= 0.3 is 5.97 Å². The molecule has 0 aliphatic carbocycles. The van der Waals surface area contributed by atoms with E-state index >= 15 is 0 Å². The Hall–Kier alpha value is -2.69. The fraction of sp³-hybridized carbons (Fsp3) is 0.125. The molecule has 5 heteroatoms. The van der Waals surface area contributed by atoms with Crippen LogP contribution in [0, 0.1) is 5.82 Å². The predicted molar refractivity (Wildman–Crippen MR) is 77.0 cm³/mol. The van der Waals surface area contributed by atoms with Crippen LogP contribution in [0.4, 0.5) is 10.1 Å². The first-order chi connectivity index (χ1) is 10.1. The van der Waals surface area contributed by atoms with E-state index in [4.69, 9.17) is 4.74 Å². The molecule has 2 rings (SSSR count). The number of esters is 1. The van der Waals surface area contributed by atoms with Crippen molar-refractivity contribution in [3.8, 4) is 0 Å². The minimum absolute atomic E-state index is 0.297. The molecule has 21 heavy (non-hydrogen) atoms. The summed E-state index contributed by atoms with van der Waals surface area (Å²) in [5.74, 6) is -1.40. The standard InChI is InChI=1S/C16H14FNO3/c1-18-14-5-3-2-4-13(14)16(20)21-10-15(19)11-6-8-12(17)9-7-11/h2-9,18H,10H2,1H3. The Morgan fingerprint density at radius 1 is 1.10 bits per heavy atom. The maximum absolute atomic E-state index is 12.8. The average molecular weight is 287 g/mol. The van der Waals surface area contributed by atoms with E-state index in [1.165, 1.54) is 24.3 Å². The Kier molecular flexibility index (Phi) is 4.66. The summed E-state index contributed by atoms with van der Waals surface area (Å²) in [5.41, 5.74) is 1.27. The van der Waals surface area contributed by atoms with Gasteiger partial charge in [0.25, 0.3) is 0 Å². The summed E-state index contributed by atoms with van der Waals surface area (Å²) in [6.07, 6.45) is 0. The normalized spacial score (nSPS) is 10.0. The lowest BCUT2D eigenvalue weighted by molar-refractivity contribution is 0.0475. The summed E-state index contributed by atoms with van der Waals surface area (Å²) < 4.78 is 17.8. The molecule has 108 valence electrons. The molecule has 4 nitrogen and oxygen atoms in total. The highest BCUT2D eigenvalue weighted by atomic mass is 19.1. The fourth-order valence-corrected chi connectivity index (χ4v) is 1.81. The second kappa shape index (κ2) is 6.65. The summed E-state index contributed by atoms with van der Waals surface area (Å²) >= 11 is 0. The molecule has 0 saturated carbocycles. The molecule has 2 aromatic rings. The Labute approximate surface area is 121 Å². The molecule has 0 heterocycles. The molecule has 0 bridgehead atoms. The van der Waals surface area contributed by atoms with Crippen molar-refractivity contribution >= 4 is 17.4 Å². The minimum Gasteiger partial charge on any atom is -0.454 e. The number of halogens is 1. The van der Waals surface area contributed by atoms with Crippen molar-refractivity contribution in [2.45, 2.75) is 0 Å². The third-order valence-corrected chi connectivity index (χ3v) is 2.92. The van der Waals surface area contributed by atoms with Crippen molar-refractivity contribution in [2.24, 2.45) is 0 Å². The molecule has 0 spiro atoms. The molecule has 0 saturated heterocycles. The van der Waals surface area contributed by atoms with Crippen LogP contribution in [0.3, 0.4) is 0 Å². The maximum Gasteiger partial charge on any atom is 0.340 e. The number of Topliss-reactive ketones (excluding diaryl/α,β-unsaturated/α-hetero) is 1. The molecular formula is C16H14FNO3. The third-order valence-electron chi connectivity index (χ3n) is 2.92. The monoisotopic (exact) mass is 287 g/mol. The fourth-order valence-electron chi connectivity index (χ4n) is 1.81. The zero-order valence-electron chi connectivity index (χ0n) is 11.4. The topological polar surface area (TPSA) is 55.4 Å². The van der Waals surface area contributed by atoms with E-state index in [9.17, 15) is 14.0 Å². The molecule has 0 aliphatic rings. The largest absolute Gasteiger partial charge is 0.454 e. The first kappa shape index (κ1) is 14.7. The summed E-state index contributed by atoms with van der Waals surface area (Å²) in [5, 5.41) is 2.87.